The van der Waals surface area contributed by atoms with Crippen molar-refractivity contribution in [3.05, 3.63) is 12.2 Å². The summed E-state index contributed by atoms with van der Waals surface area (Å²) < 4.78 is 1.98. The van der Waals surface area contributed by atoms with E-state index < -0.39 is 0 Å². The van der Waals surface area contributed by atoms with Gasteiger partial charge in [-0.25, -0.2) is 9.67 Å². The highest BCUT2D eigenvalue weighted by Gasteiger charge is 2.19. The van der Waals surface area contributed by atoms with E-state index in [-0.39, 0.29) is 0 Å². The first kappa shape index (κ1) is 4.97. The van der Waals surface area contributed by atoms with E-state index in [1.54, 1.807) is 6.33 Å². The van der Waals surface area contributed by atoms with Crippen molar-refractivity contribution in [1.29, 1.82) is 0 Å². The number of hydrogen-bond donors (Lipinski definition) is 0. The molecule has 1 unspecified atom stereocenters. The highest BCUT2D eigenvalue weighted by Crippen LogP contribution is 2.23. The molecule has 48 valence electrons. The Labute approximate surface area is 53.7 Å². The van der Waals surface area contributed by atoms with Gasteiger partial charge < -0.3 is 0 Å². The molecule has 1 aromatic heterocycles. The van der Waals surface area contributed by atoms with E-state index in [4.69, 9.17) is 0 Å². The van der Waals surface area contributed by atoms with E-state index >= 15 is 0 Å². The number of fused-ring (bicyclic) bond motifs is 1. The molecule has 0 saturated carbocycles. The van der Waals surface area contributed by atoms with E-state index in [1.807, 2.05) is 4.68 Å². The molecule has 0 N–H and O–H groups in total. The van der Waals surface area contributed by atoms with Gasteiger partial charge in [0.2, 0.25) is 0 Å². The topological polar surface area (TPSA) is 30.7 Å². The molecule has 1 atom stereocenters. The molecule has 0 saturated heterocycles. The van der Waals surface area contributed by atoms with Gasteiger partial charge >= 0.3 is 0 Å². The fraction of sp³-hybridized carbons (Fsp3) is 0.667. The van der Waals surface area contributed by atoms with Crippen LogP contribution >= 0.6 is 0 Å². The fourth-order valence-electron chi connectivity index (χ4n) is 1.27. The van der Waals surface area contributed by atoms with Gasteiger partial charge in [-0.1, -0.05) is 6.92 Å². The second kappa shape index (κ2) is 1.56. The molecule has 2 heterocycles. The predicted molar refractivity (Wildman–Crippen MR) is 33.1 cm³/mol. The molecular weight excluding hydrogens is 114 g/mol. The molecule has 9 heavy (non-hydrogen) atoms. The summed E-state index contributed by atoms with van der Waals surface area (Å²) in [5, 5.41) is 4.05. The van der Waals surface area contributed by atoms with Gasteiger partial charge in [-0.3, -0.25) is 0 Å². The third-order valence-corrected chi connectivity index (χ3v) is 1.86. The first-order valence-electron chi connectivity index (χ1n) is 3.25. The normalized spacial score (nSPS) is 24.3. The van der Waals surface area contributed by atoms with Crippen molar-refractivity contribution in [3.63, 3.8) is 0 Å². The SMILES string of the molecule is CC1CCn2ncnc21. The van der Waals surface area contributed by atoms with Gasteiger partial charge in [-0.2, -0.15) is 5.10 Å². The van der Waals surface area contributed by atoms with Crippen molar-refractivity contribution in [1.82, 2.24) is 14.8 Å². The molecule has 0 fully saturated rings. The minimum Gasteiger partial charge on any atom is -0.250 e. The van der Waals surface area contributed by atoms with Crippen LogP contribution in [0.2, 0.25) is 0 Å². The Hall–Kier alpha value is -0.860. The van der Waals surface area contributed by atoms with Gasteiger partial charge in [-0.15, -0.1) is 0 Å². The van der Waals surface area contributed by atoms with E-state index in [0.29, 0.717) is 5.92 Å². The minimum atomic E-state index is 0.618. The zero-order chi connectivity index (χ0) is 6.27. The molecule has 3 heteroatoms. The highest BCUT2D eigenvalue weighted by atomic mass is 15.3. The molecule has 0 bridgehead atoms. The summed E-state index contributed by atoms with van der Waals surface area (Å²) in [5.41, 5.74) is 0. The van der Waals surface area contributed by atoms with Crippen LogP contribution in [0.4, 0.5) is 0 Å². The Morgan fingerprint density at radius 2 is 2.67 bits per heavy atom. The van der Waals surface area contributed by atoms with E-state index in [1.165, 1.54) is 6.42 Å². The fourth-order valence-corrected chi connectivity index (χ4v) is 1.27. The minimum absolute atomic E-state index is 0.618. The maximum Gasteiger partial charge on any atom is 0.138 e. The van der Waals surface area contributed by atoms with Crippen molar-refractivity contribution in [2.75, 3.05) is 0 Å². The van der Waals surface area contributed by atoms with Crippen molar-refractivity contribution in [2.45, 2.75) is 25.8 Å². The summed E-state index contributed by atoms with van der Waals surface area (Å²) in [7, 11) is 0. The van der Waals surface area contributed by atoms with Crippen LogP contribution in [0.1, 0.15) is 25.1 Å². The lowest BCUT2D eigenvalue weighted by Gasteiger charge is -1.93. The molecule has 0 aromatic carbocycles. The zero-order valence-electron chi connectivity index (χ0n) is 5.41. The highest BCUT2D eigenvalue weighted by molar-refractivity contribution is 4.98. The van der Waals surface area contributed by atoms with Crippen LogP contribution in [-0.4, -0.2) is 14.8 Å². The average molecular weight is 123 g/mol. The second-order valence-corrected chi connectivity index (χ2v) is 2.53. The number of nitrogens with zero attached hydrogens (tertiary/aromatic N) is 3. The van der Waals surface area contributed by atoms with Gasteiger partial charge in [0.05, 0.1) is 0 Å². The molecule has 1 aromatic rings. The number of hydrogen-bond acceptors (Lipinski definition) is 2. The maximum absolute atomic E-state index is 4.13. The Kier molecular flexibility index (Phi) is 0.860. The van der Waals surface area contributed by atoms with E-state index in [2.05, 4.69) is 17.0 Å². The summed E-state index contributed by atoms with van der Waals surface area (Å²) in [5.74, 6) is 1.77. The molecule has 2 rings (SSSR count). The van der Waals surface area contributed by atoms with Gasteiger partial charge in [0.15, 0.2) is 0 Å². The summed E-state index contributed by atoms with van der Waals surface area (Å²) >= 11 is 0. The van der Waals surface area contributed by atoms with Gasteiger partial charge in [0.1, 0.15) is 12.2 Å². The molecule has 1 aliphatic heterocycles. The van der Waals surface area contributed by atoms with Crippen LogP contribution in [0.15, 0.2) is 6.33 Å². The summed E-state index contributed by atoms with van der Waals surface area (Å²) in [6.45, 7) is 3.24. The summed E-state index contributed by atoms with van der Waals surface area (Å²) in [4.78, 5) is 4.13. The lowest BCUT2D eigenvalue weighted by atomic mass is 10.1. The number of aromatic nitrogens is 3. The van der Waals surface area contributed by atoms with Crippen molar-refractivity contribution >= 4 is 0 Å². The number of rotatable bonds is 0. The van der Waals surface area contributed by atoms with Crippen LogP contribution in [-0.2, 0) is 6.54 Å². The molecular formula is C6H9N3. The van der Waals surface area contributed by atoms with Gasteiger partial charge in [-0.05, 0) is 6.42 Å². The second-order valence-electron chi connectivity index (χ2n) is 2.53. The Morgan fingerprint density at radius 1 is 1.78 bits per heavy atom. The largest absolute Gasteiger partial charge is 0.250 e. The lowest BCUT2D eigenvalue weighted by Crippen LogP contribution is -1.93. The quantitative estimate of drug-likeness (QED) is 0.510. The van der Waals surface area contributed by atoms with Crippen LogP contribution in [0, 0.1) is 0 Å². The Balaban J connectivity index is 2.49. The van der Waals surface area contributed by atoms with E-state index in [0.717, 1.165) is 12.4 Å². The van der Waals surface area contributed by atoms with Crippen LogP contribution in [0.25, 0.3) is 0 Å². The van der Waals surface area contributed by atoms with Gasteiger partial charge in [0.25, 0.3) is 0 Å². The number of aryl methyl sites for hydroxylation is 1. The average Bonchev–Trinajstić information content (AvgIpc) is 2.35. The summed E-state index contributed by atoms with van der Waals surface area (Å²) in [6, 6.07) is 0. The smallest absolute Gasteiger partial charge is 0.138 e. The first-order valence-corrected chi connectivity index (χ1v) is 3.25. The van der Waals surface area contributed by atoms with Crippen LogP contribution in [0.5, 0.6) is 0 Å². The standard InChI is InChI=1S/C6H9N3/c1-5-2-3-9-6(5)7-4-8-9/h4-5H,2-3H2,1H3. The molecule has 1 aliphatic rings. The molecule has 0 amide bonds. The Bertz CT molecular complexity index is 216. The molecule has 0 aliphatic carbocycles. The van der Waals surface area contributed by atoms with Crippen molar-refractivity contribution < 1.29 is 0 Å². The monoisotopic (exact) mass is 123 g/mol. The van der Waals surface area contributed by atoms with E-state index in [9.17, 15) is 0 Å². The lowest BCUT2D eigenvalue weighted by molar-refractivity contribution is 0.643. The van der Waals surface area contributed by atoms with Gasteiger partial charge in [0, 0.05) is 12.5 Å². The van der Waals surface area contributed by atoms with Crippen molar-refractivity contribution in [2.24, 2.45) is 0 Å². The third-order valence-electron chi connectivity index (χ3n) is 1.86. The third kappa shape index (κ3) is 0.573. The zero-order valence-corrected chi connectivity index (χ0v) is 5.41. The predicted octanol–water partition coefficient (Wildman–Crippen LogP) is 0.785. The molecule has 0 spiro atoms. The maximum atomic E-state index is 4.13. The van der Waals surface area contributed by atoms with Crippen LogP contribution < -0.4 is 0 Å². The molecule has 0 radical (unpaired) electrons. The first-order chi connectivity index (χ1) is 4.38. The van der Waals surface area contributed by atoms with Crippen LogP contribution in [0.3, 0.4) is 0 Å². The van der Waals surface area contributed by atoms with Crippen molar-refractivity contribution in [3.8, 4) is 0 Å². The Morgan fingerprint density at radius 3 is 3.44 bits per heavy atom. The molecule has 3 nitrogen and oxygen atoms in total. The summed E-state index contributed by atoms with van der Waals surface area (Å²) in [6.07, 6.45) is 2.83.